The fourth-order valence-electron chi connectivity index (χ4n) is 6.68. The zero-order valence-corrected chi connectivity index (χ0v) is 26.4. The maximum atomic E-state index is 9.55. The van der Waals surface area contributed by atoms with Crippen molar-refractivity contribution in [1.82, 2.24) is 0 Å². The van der Waals surface area contributed by atoms with E-state index in [0.29, 0.717) is 27.1 Å². The topological polar surface area (TPSA) is 13.1 Å². The summed E-state index contributed by atoms with van der Waals surface area (Å²) < 4.78 is 177. The Bertz CT molecular complexity index is 3880. The molecule has 1 nitrogen and oxygen atoms in total. The zero-order chi connectivity index (χ0) is 50.3. The smallest absolute Gasteiger partial charge is 0.136 e. The van der Waals surface area contributed by atoms with Crippen LogP contribution >= 0.6 is 0 Å². The molecule has 0 N–H and O–H groups in total. The second-order valence-corrected chi connectivity index (χ2v) is 11.7. The molecule has 1 aromatic heterocycles. The summed E-state index contributed by atoms with van der Waals surface area (Å²) in [5.41, 5.74) is -1.85. The molecule has 1 heterocycles. The van der Waals surface area contributed by atoms with E-state index in [1.54, 1.807) is 78.9 Å². The molecule has 0 saturated heterocycles. The molecular formula is C50H32O. The van der Waals surface area contributed by atoms with Crippen molar-refractivity contribution in [2.75, 3.05) is 0 Å². The molecule has 0 saturated carbocycles. The molecule has 10 rings (SSSR count). The van der Waals surface area contributed by atoms with Gasteiger partial charge in [-0.3, -0.25) is 0 Å². The van der Waals surface area contributed by atoms with E-state index in [2.05, 4.69) is 0 Å². The number of hydrogen-bond donors (Lipinski definition) is 0. The molecule has 0 spiro atoms. The first kappa shape index (κ1) is 15.9. The fraction of sp³-hybridized carbons (Fsp3) is 0. The Balaban J connectivity index is 1.36. The summed E-state index contributed by atoms with van der Waals surface area (Å²) in [4.78, 5) is 0. The average Bonchev–Trinajstić information content (AvgIpc) is 3.76. The molecule has 0 radical (unpaired) electrons. The highest BCUT2D eigenvalue weighted by atomic mass is 16.3. The van der Waals surface area contributed by atoms with Crippen LogP contribution < -0.4 is 0 Å². The van der Waals surface area contributed by atoms with Crippen molar-refractivity contribution in [2.45, 2.75) is 0 Å². The van der Waals surface area contributed by atoms with E-state index >= 15 is 0 Å². The van der Waals surface area contributed by atoms with Crippen LogP contribution in [0.4, 0.5) is 0 Å². The van der Waals surface area contributed by atoms with Crippen molar-refractivity contribution >= 4 is 43.5 Å². The second kappa shape index (κ2) is 12.0. The van der Waals surface area contributed by atoms with Crippen LogP contribution in [0, 0.1) is 0 Å². The maximum absolute atomic E-state index is 9.55. The lowest BCUT2D eigenvalue weighted by atomic mass is 9.83. The van der Waals surface area contributed by atoms with Crippen molar-refractivity contribution in [3.8, 4) is 55.6 Å². The molecule has 1 heteroatoms. The third-order valence-electron chi connectivity index (χ3n) is 8.88. The molecule has 0 aliphatic rings. The van der Waals surface area contributed by atoms with Gasteiger partial charge in [-0.1, -0.05) is 176 Å². The number of rotatable bonds is 5. The van der Waals surface area contributed by atoms with Gasteiger partial charge < -0.3 is 4.42 Å². The molecule has 0 bridgehead atoms. The Kier molecular flexibility index (Phi) is 3.74. The summed E-state index contributed by atoms with van der Waals surface area (Å²) in [6.45, 7) is 0. The molecule has 9 aromatic carbocycles. The molecule has 238 valence electrons. The van der Waals surface area contributed by atoms with Crippen molar-refractivity contribution < 1.29 is 30.5 Å². The average molecular weight is 668 g/mol. The predicted octanol–water partition coefficient (Wildman–Crippen LogP) is 14.2. The van der Waals surface area contributed by atoms with Crippen LogP contribution in [0.15, 0.2) is 198 Å². The Morgan fingerprint density at radius 2 is 0.863 bits per heavy atom. The van der Waals surface area contributed by atoms with Crippen LogP contribution in [0.25, 0.3) is 99.1 Å². The van der Waals surface area contributed by atoms with Crippen LogP contribution in [0.1, 0.15) is 26.0 Å². The highest BCUT2D eigenvalue weighted by molar-refractivity contribution is 6.26. The van der Waals surface area contributed by atoms with Gasteiger partial charge in [0.05, 0.1) is 26.0 Å². The first-order valence-corrected chi connectivity index (χ1v) is 16.0. The molecule has 10 aromatic rings. The van der Waals surface area contributed by atoms with Crippen LogP contribution in [0.3, 0.4) is 0 Å². The number of furan rings is 1. The Morgan fingerprint density at radius 3 is 1.55 bits per heavy atom. The monoisotopic (exact) mass is 667 g/mol. The number of hydrogen-bond acceptors (Lipinski definition) is 1. The third kappa shape index (κ3) is 4.86. The van der Waals surface area contributed by atoms with E-state index in [1.165, 1.54) is 0 Å². The van der Waals surface area contributed by atoms with Gasteiger partial charge in [-0.15, -0.1) is 0 Å². The van der Waals surface area contributed by atoms with Crippen molar-refractivity contribution in [3.63, 3.8) is 0 Å². The first-order chi connectivity index (χ1) is 33.2. The van der Waals surface area contributed by atoms with Gasteiger partial charge in [-0.05, 0) is 95.3 Å². The summed E-state index contributed by atoms with van der Waals surface area (Å²) in [6.07, 6.45) is 0. The van der Waals surface area contributed by atoms with Crippen LogP contribution in [-0.4, -0.2) is 0 Å². The van der Waals surface area contributed by atoms with Crippen molar-refractivity contribution in [3.05, 3.63) is 194 Å². The lowest BCUT2D eigenvalue weighted by Crippen LogP contribution is -1.93. The van der Waals surface area contributed by atoms with Crippen LogP contribution in [-0.2, 0) is 0 Å². The highest BCUT2D eigenvalue weighted by Crippen LogP contribution is 2.48. The minimum atomic E-state index is -0.733. The van der Waals surface area contributed by atoms with Crippen LogP contribution in [0.2, 0.25) is 0 Å². The molecule has 0 aliphatic carbocycles. The summed E-state index contributed by atoms with van der Waals surface area (Å²) in [5.74, 6) is 0. The number of benzene rings is 9. The normalized spacial score (nSPS) is 16.7. The van der Waals surface area contributed by atoms with Gasteiger partial charge in [0.1, 0.15) is 11.2 Å². The van der Waals surface area contributed by atoms with Crippen molar-refractivity contribution in [1.29, 1.82) is 0 Å². The minimum absolute atomic E-state index is 0.00468. The summed E-state index contributed by atoms with van der Waals surface area (Å²) >= 11 is 0. The van der Waals surface area contributed by atoms with E-state index in [1.807, 2.05) is 0 Å². The lowest BCUT2D eigenvalue weighted by Gasteiger charge is -2.20. The maximum Gasteiger partial charge on any atom is 0.136 e. The van der Waals surface area contributed by atoms with Gasteiger partial charge >= 0.3 is 0 Å². The third-order valence-corrected chi connectivity index (χ3v) is 8.88. The zero-order valence-electron chi connectivity index (χ0n) is 45.4. The lowest BCUT2D eigenvalue weighted by molar-refractivity contribution is 0.669. The van der Waals surface area contributed by atoms with E-state index in [4.69, 9.17) is 19.5 Å². The molecule has 51 heavy (non-hydrogen) atoms. The molecule has 0 unspecified atom stereocenters. The molecular weight excluding hydrogens is 617 g/mol. The summed E-state index contributed by atoms with van der Waals surface area (Å²) in [7, 11) is 0. The van der Waals surface area contributed by atoms with E-state index in [9.17, 15) is 11.0 Å². The summed E-state index contributed by atoms with van der Waals surface area (Å²) in [5, 5.41) is 0.906. The predicted molar refractivity (Wildman–Crippen MR) is 216 cm³/mol. The van der Waals surface area contributed by atoms with Gasteiger partial charge in [0.2, 0.25) is 0 Å². The van der Waals surface area contributed by atoms with E-state index in [0.717, 1.165) is 0 Å². The standard InChI is InChI=1S/C50H32O/c1-3-14-33(15-4-1)35-26-28-36(29-27-35)38-18-7-8-19-39(38)48-40-20-9-11-22-42(40)49(43-23-12-10-21-41(43)48)45-24-13-25-46-50(45)44-31-30-37(32-47(44)51-46)34-16-5-2-6-17-34/h1-32H/i2D,5D,6D,7D,8D,13D,16D,17D,18D,19D,24D,25D,26D,27D,28D,29D,30D,31D,32D. The quantitative estimate of drug-likeness (QED) is 0.167. The molecule has 0 atom stereocenters. The number of fused-ring (bicyclic) bond motifs is 5. The Labute approximate surface area is 323 Å². The fourth-order valence-corrected chi connectivity index (χ4v) is 6.68. The minimum Gasteiger partial charge on any atom is -0.456 e. The van der Waals surface area contributed by atoms with Gasteiger partial charge in [0.15, 0.2) is 0 Å². The molecule has 0 amide bonds. The molecule has 0 aliphatic heterocycles. The first-order valence-electron chi connectivity index (χ1n) is 25.5. The molecule has 0 fully saturated rings. The second-order valence-electron chi connectivity index (χ2n) is 11.7. The van der Waals surface area contributed by atoms with E-state index in [-0.39, 0.29) is 55.3 Å². The van der Waals surface area contributed by atoms with Gasteiger partial charge in [-0.2, -0.15) is 0 Å². The highest BCUT2D eigenvalue weighted by Gasteiger charge is 2.21. The Morgan fingerprint density at radius 1 is 0.333 bits per heavy atom. The van der Waals surface area contributed by atoms with Gasteiger partial charge in [0.25, 0.3) is 0 Å². The SMILES string of the molecule is [2H]c1c([2H])c([2H])c(-c2c([2H])c([2H])c3c(oc4c([2H])c([2H])c([2H])c(-c5c6ccccc6c(-c6c([2H])c([2H])c([2H])c([2H])c6-c6c([2H])c([2H])c(-c7ccccc7)c([2H])c6[2H])c6ccccc56)c43)c2[2H])c([2H])c1[2H]. The van der Waals surface area contributed by atoms with Gasteiger partial charge in [0, 0.05) is 10.8 Å². The summed E-state index contributed by atoms with van der Waals surface area (Å²) in [6, 6.07) is 9.84. The van der Waals surface area contributed by atoms with Crippen LogP contribution in [0.5, 0.6) is 0 Å². The van der Waals surface area contributed by atoms with Crippen molar-refractivity contribution in [2.24, 2.45) is 0 Å². The van der Waals surface area contributed by atoms with Gasteiger partial charge in [-0.25, -0.2) is 0 Å². The van der Waals surface area contributed by atoms with E-state index < -0.39 is 132 Å². The Hall–Kier alpha value is -6.70. The largest absolute Gasteiger partial charge is 0.456 e.